The lowest BCUT2D eigenvalue weighted by Gasteiger charge is -2.16. The molecule has 16 heavy (non-hydrogen) atoms. The number of hydrogen-bond acceptors (Lipinski definition) is 2. The second kappa shape index (κ2) is 3.10. The normalized spacial score (nSPS) is 14.1. The zero-order valence-corrected chi connectivity index (χ0v) is 8.50. The maximum atomic E-state index is 11.0. The predicted octanol–water partition coefficient (Wildman–Crippen LogP) is -0.753. The maximum Gasteiger partial charge on any atom is 0.319 e. The number of nitrogens with zero attached hydrogens (tertiary/aromatic N) is 3. The van der Waals surface area contributed by atoms with E-state index in [9.17, 15) is 4.79 Å². The van der Waals surface area contributed by atoms with Gasteiger partial charge in [-0.2, -0.15) is 0 Å². The van der Waals surface area contributed by atoms with Crippen molar-refractivity contribution in [3.05, 3.63) is 35.1 Å². The zero-order valence-electron chi connectivity index (χ0n) is 8.50. The number of urea groups is 1. The van der Waals surface area contributed by atoms with Crippen LogP contribution in [0.25, 0.3) is 17.9 Å². The molecule has 0 unspecified atom stereocenters. The van der Waals surface area contributed by atoms with Crippen molar-refractivity contribution in [3.63, 3.8) is 0 Å². The Hall–Kier alpha value is -2.30. The summed E-state index contributed by atoms with van der Waals surface area (Å²) in [5.74, 6) is 0. The van der Waals surface area contributed by atoms with Crippen molar-refractivity contribution in [1.82, 2.24) is 14.3 Å². The molecule has 2 aromatic rings. The topological polar surface area (TPSA) is 63.6 Å². The van der Waals surface area contributed by atoms with Crippen LogP contribution in [0.3, 0.4) is 0 Å². The number of aromatic nitrogens is 2. The molecule has 0 radical (unpaired) electrons. The van der Waals surface area contributed by atoms with Gasteiger partial charge in [0.25, 0.3) is 0 Å². The van der Waals surface area contributed by atoms with E-state index in [1.54, 1.807) is 12.4 Å². The molecule has 2 aromatic heterocycles. The van der Waals surface area contributed by atoms with Gasteiger partial charge in [0, 0.05) is 30.4 Å². The summed E-state index contributed by atoms with van der Waals surface area (Å²) in [6.07, 6.45) is 7.39. The summed E-state index contributed by atoms with van der Waals surface area (Å²) in [6.45, 7) is 0.500. The first kappa shape index (κ1) is 8.96. The Balaban J connectivity index is 2.33. The molecule has 0 atom stereocenters. The van der Waals surface area contributed by atoms with E-state index in [0.717, 1.165) is 16.2 Å². The third-order valence-corrected chi connectivity index (χ3v) is 2.68. The highest BCUT2D eigenvalue weighted by Crippen LogP contribution is 1.96. The molecule has 0 spiro atoms. The molecule has 2 amide bonds. The fourth-order valence-corrected chi connectivity index (χ4v) is 1.90. The third-order valence-electron chi connectivity index (χ3n) is 2.68. The van der Waals surface area contributed by atoms with Crippen LogP contribution in [-0.2, 0) is 0 Å². The molecular formula is C11H10N4O. The fourth-order valence-electron chi connectivity index (χ4n) is 1.90. The number of carbonyl (C=O) groups is 1. The van der Waals surface area contributed by atoms with Crippen LogP contribution in [0.2, 0.25) is 0 Å². The van der Waals surface area contributed by atoms with Crippen molar-refractivity contribution in [1.29, 1.82) is 0 Å². The predicted molar refractivity (Wildman–Crippen MR) is 59.7 cm³/mol. The average Bonchev–Trinajstić information content (AvgIpc) is 2.76. The van der Waals surface area contributed by atoms with Crippen LogP contribution in [-0.4, -0.2) is 26.9 Å². The van der Waals surface area contributed by atoms with Crippen molar-refractivity contribution in [2.75, 3.05) is 6.54 Å². The Morgan fingerprint density at radius 1 is 1.50 bits per heavy atom. The van der Waals surface area contributed by atoms with Crippen molar-refractivity contribution < 1.29 is 4.79 Å². The highest BCUT2D eigenvalue weighted by Gasteiger charge is 2.09. The van der Waals surface area contributed by atoms with Crippen LogP contribution in [0.15, 0.2) is 24.5 Å². The van der Waals surface area contributed by atoms with Gasteiger partial charge in [-0.1, -0.05) is 0 Å². The molecule has 0 aromatic carbocycles. The first-order chi connectivity index (χ1) is 7.75. The van der Waals surface area contributed by atoms with Gasteiger partial charge in [-0.25, -0.2) is 9.78 Å². The largest absolute Gasteiger partial charge is 0.351 e. The number of amides is 2. The quantitative estimate of drug-likeness (QED) is 0.627. The Morgan fingerprint density at radius 3 is 3.19 bits per heavy atom. The Labute approximate surface area is 91.1 Å². The monoisotopic (exact) mass is 214 g/mol. The van der Waals surface area contributed by atoms with Gasteiger partial charge in [-0.15, -0.1) is 0 Å². The molecule has 5 nitrogen and oxygen atoms in total. The van der Waals surface area contributed by atoms with Crippen LogP contribution < -0.4 is 16.3 Å². The molecular weight excluding hydrogens is 204 g/mol. The average molecular weight is 214 g/mol. The zero-order chi connectivity index (χ0) is 11.1. The maximum absolute atomic E-state index is 11.0. The van der Waals surface area contributed by atoms with E-state index in [0.29, 0.717) is 6.54 Å². The molecule has 5 heteroatoms. The molecule has 2 N–H and O–H groups in total. The van der Waals surface area contributed by atoms with Gasteiger partial charge in [0.2, 0.25) is 0 Å². The second-order valence-corrected chi connectivity index (χ2v) is 3.66. The van der Waals surface area contributed by atoms with E-state index in [2.05, 4.69) is 4.98 Å². The summed E-state index contributed by atoms with van der Waals surface area (Å²) >= 11 is 0. The lowest BCUT2D eigenvalue weighted by atomic mass is 10.3. The fraction of sp³-hybridized carbons (Fsp3) is 0.0909. The lowest BCUT2D eigenvalue weighted by molar-refractivity contribution is 0.232. The van der Waals surface area contributed by atoms with Crippen LogP contribution in [0, 0.1) is 0 Å². The van der Waals surface area contributed by atoms with E-state index >= 15 is 0 Å². The van der Waals surface area contributed by atoms with Gasteiger partial charge < -0.3 is 10.1 Å². The molecule has 1 aliphatic heterocycles. The minimum absolute atomic E-state index is 0.450. The van der Waals surface area contributed by atoms with Crippen LogP contribution in [0.4, 0.5) is 4.79 Å². The lowest BCUT2D eigenvalue weighted by Crippen LogP contribution is -2.43. The molecule has 0 fully saturated rings. The van der Waals surface area contributed by atoms with Crippen LogP contribution >= 0.6 is 0 Å². The van der Waals surface area contributed by atoms with E-state index < -0.39 is 6.03 Å². The highest BCUT2D eigenvalue weighted by atomic mass is 16.2. The Morgan fingerprint density at radius 2 is 2.38 bits per heavy atom. The Kier molecular flexibility index (Phi) is 1.73. The molecule has 80 valence electrons. The van der Waals surface area contributed by atoms with E-state index in [-0.39, 0.29) is 0 Å². The summed E-state index contributed by atoms with van der Waals surface area (Å²) < 4.78 is 1.99. The second-order valence-electron chi connectivity index (χ2n) is 3.66. The summed E-state index contributed by atoms with van der Waals surface area (Å²) in [5.41, 5.74) is 6.12. The number of carbonyl (C=O) groups excluding carboxylic acids is 1. The van der Waals surface area contributed by atoms with Gasteiger partial charge >= 0.3 is 6.03 Å². The van der Waals surface area contributed by atoms with Crippen molar-refractivity contribution in [2.24, 2.45) is 5.73 Å². The number of primary amides is 1. The molecule has 3 rings (SSSR count). The molecule has 0 saturated heterocycles. The number of hydrogen-bond donors (Lipinski definition) is 1. The van der Waals surface area contributed by atoms with Crippen LogP contribution in [0.1, 0.15) is 0 Å². The third kappa shape index (κ3) is 1.18. The van der Waals surface area contributed by atoms with E-state index in [1.165, 1.54) is 4.90 Å². The molecule has 3 heterocycles. The summed E-state index contributed by atoms with van der Waals surface area (Å²) in [4.78, 5) is 16.8. The van der Waals surface area contributed by atoms with Crippen molar-refractivity contribution >= 4 is 24.0 Å². The molecule has 1 aliphatic rings. The SMILES string of the molecule is NC(=O)N1C=c2cnc3cccn3c2=CC1. The minimum atomic E-state index is -0.450. The van der Waals surface area contributed by atoms with Gasteiger partial charge in [-0.3, -0.25) is 4.90 Å². The first-order valence-corrected chi connectivity index (χ1v) is 4.96. The molecule has 0 aliphatic carbocycles. The standard InChI is InChI=1S/C11H10N4O/c12-11(16)14-5-3-9-8(7-14)6-13-10-2-1-4-15(9)10/h1-4,6-7H,5H2,(H2,12,16). The van der Waals surface area contributed by atoms with Gasteiger partial charge in [0.05, 0.1) is 5.35 Å². The highest BCUT2D eigenvalue weighted by molar-refractivity contribution is 5.77. The summed E-state index contributed by atoms with van der Waals surface area (Å²) in [6, 6.07) is 3.43. The van der Waals surface area contributed by atoms with E-state index in [1.807, 2.05) is 28.8 Å². The van der Waals surface area contributed by atoms with Crippen molar-refractivity contribution in [2.45, 2.75) is 0 Å². The van der Waals surface area contributed by atoms with Crippen molar-refractivity contribution in [3.8, 4) is 0 Å². The molecule has 0 bridgehead atoms. The van der Waals surface area contributed by atoms with Crippen LogP contribution in [0.5, 0.6) is 0 Å². The van der Waals surface area contributed by atoms with Gasteiger partial charge in [0.15, 0.2) is 0 Å². The first-order valence-electron chi connectivity index (χ1n) is 4.96. The molecule has 0 saturated carbocycles. The smallest absolute Gasteiger partial charge is 0.319 e. The summed E-state index contributed by atoms with van der Waals surface area (Å²) in [7, 11) is 0. The van der Waals surface area contributed by atoms with E-state index in [4.69, 9.17) is 5.73 Å². The number of nitrogens with two attached hydrogens (primary N) is 1. The van der Waals surface area contributed by atoms with Gasteiger partial charge in [-0.05, 0) is 18.2 Å². The van der Waals surface area contributed by atoms with Gasteiger partial charge in [0.1, 0.15) is 5.65 Å². The Bertz CT molecular complexity index is 686. The summed E-state index contributed by atoms with van der Waals surface area (Å²) in [5, 5.41) is 1.95. The number of rotatable bonds is 0. The number of fused-ring (bicyclic) bond motifs is 3. The minimum Gasteiger partial charge on any atom is -0.351 e.